The molecule has 8 nitrogen and oxygen atoms in total. The first-order valence-electron chi connectivity index (χ1n) is 8.29. The molecule has 0 N–H and O–H groups in total. The van der Waals surface area contributed by atoms with E-state index >= 15 is 0 Å². The predicted octanol–water partition coefficient (Wildman–Crippen LogP) is 1.83. The molecule has 0 radical (unpaired) electrons. The number of carbonyl (C=O) groups excluding carboxylic acids is 1. The number of amides is 1. The maximum Gasteiger partial charge on any atom is 0.253 e. The van der Waals surface area contributed by atoms with Crippen LogP contribution in [-0.2, 0) is 0 Å². The maximum atomic E-state index is 12.6. The standard InChI is InChI=1S/C18H18N6O2/c1-23(2)14-6-3-5-12(9-14)18(25)24-10-13(11-24)17-21-16(22-26-17)15-19-7-4-8-20-15/h3-9,13H,10-11H2,1-2H3. The minimum absolute atomic E-state index is 0.0103. The molecule has 1 aromatic carbocycles. The van der Waals surface area contributed by atoms with Crippen LogP contribution in [0, 0.1) is 0 Å². The molecule has 3 aromatic rings. The van der Waals surface area contributed by atoms with E-state index in [9.17, 15) is 4.79 Å². The quantitative estimate of drug-likeness (QED) is 0.709. The van der Waals surface area contributed by atoms with Gasteiger partial charge in [-0.05, 0) is 24.3 Å². The molecule has 0 saturated carbocycles. The lowest BCUT2D eigenvalue weighted by atomic mass is 9.98. The van der Waals surface area contributed by atoms with Crippen LogP contribution in [0.15, 0.2) is 47.2 Å². The van der Waals surface area contributed by atoms with Gasteiger partial charge in [0.05, 0.1) is 5.92 Å². The van der Waals surface area contributed by atoms with E-state index in [0.717, 1.165) is 5.69 Å². The van der Waals surface area contributed by atoms with Crippen LogP contribution in [0.25, 0.3) is 11.6 Å². The fourth-order valence-electron chi connectivity index (χ4n) is 2.81. The summed E-state index contributed by atoms with van der Waals surface area (Å²) in [7, 11) is 3.90. The lowest BCUT2D eigenvalue weighted by Crippen LogP contribution is -2.48. The van der Waals surface area contributed by atoms with Gasteiger partial charge in [0.1, 0.15) is 0 Å². The van der Waals surface area contributed by atoms with Gasteiger partial charge in [0.2, 0.25) is 17.5 Å². The molecule has 1 amide bonds. The molecule has 1 fully saturated rings. The number of benzene rings is 1. The maximum absolute atomic E-state index is 12.6. The summed E-state index contributed by atoms with van der Waals surface area (Å²) in [5.74, 6) is 1.36. The second-order valence-electron chi connectivity index (χ2n) is 6.38. The molecule has 4 rings (SSSR count). The van der Waals surface area contributed by atoms with Gasteiger partial charge in [-0.3, -0.25) is 4.79 Å². The van der Waals surface area contributed by atoms with Crippen molar-refractivity contribution in [3.63, 3.8) is 0 Å². The highest BCUT2D eigenvalue weighted by molar-refractivity contribution is 5.95. The van der Waals surface area contributed by atoms with Crippen LogP contribution in [0.2, 0.25) is 0 Å². The number of carbonyl (C=O) groups is 1. The summed E-state index contributed by atoms with van der Waals surface area (Å²) in [6.07, 6.45) is 3.26. The molecule has 0 aliphatic carbocycles. The zero-order valence-electron chi connectivity index (χ0n) is 14.5. The first kappa shape index (κ1) is 16.2. The molecule has 8 heteroatoms. The van der Waals surface area contributed by atoms with Crippen LogP contribution in [0.4, 0.5) is 5.69 Å². The Morgan fingerprint density at radius 1 is 1.15 bits per heavy atom. The van der Waals surface area contributed by atoms with E-state index in [4.69, 9.17) is 4.52 Å². The number of hydrogen-bond donors (Lipinski definition) is 0. The van der Waals surface area contributed by atoms with Crippen LogP contribution >= 0.6 is 0 Å². The zero-order chi connectivity index (χ0) is 18.1. The Bertz CT molecular complexity index is 918. The van der Waals surface area contributed by atoms with Crippen molar-refractivity contribution in [2.24, 2.45) is 0 Å². The minimum atomic E-state index is 0.0103. The Hall–Kier alpha value is -3.29. The number of likely N-dealkylation sites (tertiary alicyclic amines) is 1. The highest BCUT2D eigenvalue weighted by Gasteiger charge is 2.36. The first-order valence-corrected chi connectivity index (χ1v) is 8.29. The SMILES string of the molecule is CN(C)c1cccc(C(=O)N2CC(c3nc(-c4ncccn4)no3)C2)c1. The molecular weight excluding hydrogens is 332 g/mol. The Labute approximate surface area is 150 Å². The lowest BCUT2D eigenvalue weighted by molar-refractivity contribution is 0.0569. The fraction of sp³-hybridized carbons (Fsp3) is 0.278. The molecule has 3 heterocycles. The van der Waals surface area contributed by atoms with Crippen molar-refractivity contribution in [2.75, 3.05) is 32.1 Å². The van der Waals surface area contributed by atoms with Gasteiger partial charge in [0.15, 0.2) is 0 Å². The molecule has 132 valence electrons. The summed E-state index contributed by atoms with van der Waals surface area (Å²) in [5.41, 5.74) is 1.68. The summed E-state index contributed by atoms with van der Waals surface area (Å²) in [4.78, 5) is 29.0. The largest absolute Gasteiger partial charge is 0.378 e. The van der Waals surface area contributed by atoms with Crippen molar-refractivity contribution in [1.29, 1.82) is 0 Å². The highest BCUT2D eigenvalue weighted by atomic mass is 16.5. The van der Waals surface area contributed by atoms with E-state index < -0.39 is 0 Å². The third kappa shape index (κ3) is 3.01. The highest BCUT2D eigenvalue weighted by Crippen LogP contribution is 2.28. The van der Waals surface area contributed by atoms with E-state index in [1.54, 1.807) is 23.4 Å². The normalized spacial score (nSPS) is 14.2. The van der Waals surface area contributed by atoms with Crippen LogP contribution in [0.3, 0.4) is 0 Å². The fourth-order valence-corrected chi connectivity index (χ4v) is 2.81. The Balaban J connectivity index is 1.42. The van der Waals surface area contributed by atoms with E-state index in [0.29, 0.717) is 36.2 Å². The monoisotopic (exact) mass is 350 g/mol. The predicted molar refractivity (Wildman–Crippen MR) is 94.7 cm³/mol. The minimum Gasteiger partial charge on any atom is -0.378 e. The first-order chi connectivity index (χ1) is 12.6. The summed E-state index contributed by atoms with van der Waals surface area (Å²) in [5, 5.41) is 3.93. The van der Waals surface area contributed by atoms with Crippen LogP contribution in [0.5, 0.6) is 0 Å². The molecule has 2 aromatic heterocycles. The van der Waals surface area contributed by atoms with Gasteiger partial charge in [-0.1, -0.05) is 11.2 Å². The average Bonchev–Trinajstić information content (AvgIpc) is 3.11. The van der Waals surface area contributed by atoms with Crippen LogP contribution in [0.1, 0.15) is 22.2 Å². The average molecular weight is 350 g/mol. The van der Waals surface area contributed by atoms with Gasteiger partial charge in [0, 0.05) is 50.8 Å². The van der Waals surface area contributed by atoms with Crippen molar-refractivity contribution in [3.8, 4) is 11.6 Å². The lowest BCUT2D eigenvalue weighted by Gasteiger charge is -2.37. The third-order valence-electron chi connectivity index (χ3n) is 4.34. The molecule has 26 heavy (non-hydrogen) atoms. The molecule has 1 saturated heterocycles. The van der Waals surface area contributed by atoms with Gasteiger partial charge < -0.3 is 14.3 Å². The zero-order valence-corrected chi connectivity index (χ0v) is 14.5. The topological polar surface area (TPSA) is 88.3 Å². The van der Waals surface area contributed by atoms with E-state index in [1.807, 2.05) is 43.3 Å². The number of rotatable bonds is 4. The number of anilines is 1. The Kier molecular flexibility index (Phi) is 4.08. The molecule has 0 spiro atoms. The number of hydrogen-bond acceptors (Lipinski definition) is 7. The summed E-state index contributed by atoms with van der Waals surface area (Å²) in [6.45, 7) is 1.12. The summed E-state index contributed by atoms with van der Waals surface area (Å²) < 4.78 is 5.32. The van der Waals surface area contributed by atoms with E-state index in [2.05, 4.69) is 20.1 Å². The Morgan fingerprint density at radius 3 is 2.65 bits per heavy atom. The molecule has 0 bridgehead atoms. The summed E-state index contributed by atoms with van der Waals surface area (Å²) >= 11 is 0. The van der Waals surface area contributed by atoms with Crippen molar-refractivity contribution in [2.45, 2.75) is 5.92 Å². The van der Waals surface area contributed by atoms with Crippen LogP contribution in [-0.4, -0.2) is 58.1 Å². The van der Waals surface area contributed by atoms with Crippen molar-refractivity contribution >= 4 is 11.6 Å². The summed E-state index contributed by atoms with van der Waals surface area (Å²) in [6, 6.07) is 9.32. The van der Waals surface area contributed by atoms with Gasteiger partial charge in [-0.15, -0.1) is 0 Å². The number of aromatic nitrogens is 4. The second-order valence-corrected chi connectivity index (χ2v) is 6.38. The molecule has 0 unspecified atom stereocenters. The molecular formula is C18H18N6O2. The Morgan fingerprint density at radius 2 is 1.92 bits per heavy atom. The van der Waals surface area contributed by atoms with Crippen molar-refractivity contribution in [3.05, 3.63) is 54.2 Å². The smallest absolute Gasteiger partial charge is 0.253 e. The van der Waals surface area contributed by atoms with Crippen molar-refractivity contribution < 1.29 is 9.32 Å². The van der Waals surface area contributed by atoms with Crippen molar-refractivity contribution in [1.82, 2.24) is 25.0 Å². The second kappa shape index (κ2) is 6.55. The van der Waals surface area contributed by atoms with Crippen LogP contribution < -0.4 is 4.90 Å². The van der Waals surface area contributed by atoms with Gasteiger partial charge in [-0.2, -0.15) is 4.98 Å². The third-order valence-corrected chi connectivity index (χ3v) is 4.34. The van der Waals surface area contributed by atoms with Gasteiger partial charge in [-0.25, -0.2) is 9.97 Å². The number of nitrogens with zero attached hydrogens (tertiary/aromatic N) is 6. The molecule has 0 atom stereocenters. The van der Waals surface area contributed by atoms with Gasteiger partial charge >= 0.3 is 0 Å². The van der Waals surface area contributed by atoms with E-state index in [1.165, 1.54) is 0 Å². The molecule has 1 aliphatic rings. The molecule has 1 aliphatic heterocycles. The van der Waals surface area contributed by atoms with E-state index in [-0.39, 0.29) is 11.8 Å². The van der Waals surface area contributed by atoms with Gasteiger partial charge in [0.25, 0.3) is 5.91 Å².